The fraction of sp³-hybridized carbons (Fsp3) is 0.818. The van der Waals surface area contributed by atoms with Crippen LogP contribution in [0.4, 0.5) is 0 Å². The van der Waals surface area contributed by atoms with Gasteiger partial charge < -0.3 is 13.3 Å². The van der Waals surface area contributed by atoms with E-state index in [1.165, 1.54) is 12.8 Å². The van der Waals surface area contributed by atoms with Crippen molar-refractivity contribution in [3.8, 4) is 0 Å². The van der Waals surface area contributed by atoms with Gasteiger partial charge >= 0.3 is 8.80 Å². The molecule has 3 unspecified atom stereocenters. The van der Waals surface area contributed by atoms with Crippen molar-refractivity contribution in [2.75, 3.05) is 21.3 Å². The van der Waals surface area contributed by atoms with Crippen molar-refractivity contribution < 1.29 is 13.3 Å². The summed E-state index contributed by atoms with van der Waals surface area (Å²) in [5.74, 6) is 2.24. The maximum atomic E-state index is 5.48. The average Bonchev–Trinajstić information content (AvgIpc) is 2.88. The minimum absolute atomic E-state index is 0.700. The molecule has 0 amide bonds. The van der Waals surface area contributed by atoms with Gasteiger partial charge in [0.2, 0.25) is 0 Å². The summed E-state index contributed by atoms with van der Waals surface area (Å²) in [6, 6.07) is 0.960. The predicted octanol–water partition coefficient (Wildman–Crippen LogP) is 2.08. The Balaban J connectivity index is 1.98. The molecule has 0 aromatic rings. The van der Waals surface area contributed by atoms with E-state index in [9.17, 15) is 0 Å². The van der Waals surface area contributed by atoms with Crippen LogP contribution in [0.15, 0.2) is 12.2 Å². The first kappa shape index (κ1) is 11.3. The minimum Gasteiger partial charge on any atom is -0.377 e. The molecule has 2 bridgehead atoms. The highest BCUT2D eigenvalue weighted by Crippen LogP contribution is 2.46. The van der Waals surface area contributed by atoms with E-state index in [2.05, 4.69) is 12.2 Å². The number of fused-ring (bicyclic) bond motifs is 2. The molecule has 0 aliphatic heterocycles. The lowest BCUT2D eigenvalue weighted by Gasteiger charge is -2.29. The molecule has 2 rings (SSSR count). The fourth-order valence-electron chi connectivity index (χ4n) is 2.95. The van der Waals surface area contributed by atoms with Gasteiger partial charge in [-0.2, -0.15) is 0 Å². The van der Waals surface area contributed by atoms with Crippen LogP contribution in [0.3, 0.4) is 0 Å². The Morgan fingerprint density at radius 1 is 1.07 bits per heavy atom. The topological polar surface area (TPSA) is 27.7 Å². The molecule has 2 aliphatic rings. The molecular formula is C11H20O3Si. The molecule has 3 nitrogen and oxygen atoms in total. The maximum Gasteiger partial charge on any atom is 0.500 e. The van der Waals surface area contributed by atoms with Crippen LogP contribution in [-0.4, -0.2) is 30.1 Å². The molecule has 86 valence electrons. The number of allylic oxidation sites excluding steroid dienone is 2. The van der Waals surface area contributed by atoms with Gasteiger partial charge in [-0.15, -0.1) is 0 Å². The van der Waals surface area contributed by atoms with Gasteiger partial charge in [0.1, 0.15) is 0 Å². The van der Waals surface area contributed by atoms with Crippen LogP contribution in [0.2, 0.25) is 6.04 Å². The molecule has 15 heavy (non-hydrogen) atoms. The fourth-order valence-corrected chi connectivity index (χ4v) is 5.06. The summed E-state index contributed by atoms with van der Waals surface area (Å²) in [6.07, 6.45) is 7.33. The van der Waals surface area contributed by atoms with Gasteiger partial charge in [0.05, 0.1) is 0 Å². The first-order valence-electron chi connectivity index (χ1n) is 5.57. The molecule has 3 atom stereocenters. The average molecular weight is 228 g/mol. The van der Waals surface area contributed by atoms with Crippen molar-refractivity contribution in [1.29, 1.82) is 0 Å². The first-order chi connectivity index (χ1) is 7.23. The predicted molar refractivity (Wildman–Crippen MR) is 60.4 cm³/mol. The smallest absolute Gasteiger partial charge is 0.377 e. The molecule has 0 spiro atoms. The molecule has 1 saturated carbocycles. The lowest BCUT2D eigenvalue weighted by atomic mass is 9.96. The van der Waals surface area contributed by atoms with E-state index < -0.39 is 8.80 Å². The van der Waals surface area contributed by atoms with E-state index in [1.54, 1.807) is 21.3 Å². The van der Waals surface area contributed by atoms with Gasteiger partial charge in [-0.3, -0.25) is 0 Å². The van der Waals surface area contributed by atoms with Crippen molar-refractivity contribution >= 4 is 8.80 Å². The largest absolute Gasteiger partial charge is 0.500 e. The third-order valence-electron chi connectivity index (χ3n) is 3.86. The van der Waals surface area contributed by atoms with Crippen LogP contribution < -0.4 is 0 Å². The quantitative estimate of drug-likeness (QED) is 0.532. The third-order valence-corrected chi connectivity index (χ3v) is 6.75. The van der Waals surface area contributed by atoms with Crippen molar-refractivity contribution in [3.05, 3.63) is 12.2 Å². The molecule has 1 fully saturated rings. The van der Waals surface area contributed by atoms with E-state index in [0.717, 1.165) is 17.9 Å². The molecule has 0 heterocycles. The summed E-state index contributed by atoms with van der Waals surface area (Å²) in [7, 11) is 2.74. The Hall–Kier alpha value is -0.163. The Bertz CT molecular complexity index is 242. The summed E-state index contributed by atoms with van der Waals surface area (Å²) < 4.78 is 16.4. The van der Waals surface area contributed by atoms with Crippen LogP contribution in [0.25, 0.3) is 0 Å². The highest BCUT2D eigenvalue weighted by Gasteiger charge is 2.46. The summed E-state index contributed by atoms with van der Waals surface area (Å²) in [6.45, 7) is 0. The van der Waals surface area contributed by atoms with E-state index in [0.29, 0.717) is 5.92 Å². The van der Waals surface area contributed by atoms with Gasteiger partial charge in [-0.05, 0) is 30.6 Å². The Morgan fingerprint density at radius 2 is 1.73 bits per heavy atom. The second-order valence-electron chi connectivity index (χ2n) is 4.54. The third kappa shape index (κ3) is 2.04. The van der Waals surface area contributed by atoms with Gasteiger partial charge in [0.25, 0.3) is 0 Å². The Kier molecular flexibility index (Phi) is 3.30. The Labute approximate surface area is 92.8 Å². The molecule has 0 aromatic heterocycles. The molecule has 0 N–H and O–H groups in total. The van der Waals surface area contributed by atoms with Crippen molar-refractivity contribution in [2.24, 2.45) is 17.8 Å². The maximum absolute atomic E-state index is 5.48. The minimum atomic E-state index is -2.35. The van der Waals surface area contributed by atoms with Crippen molar-refractivity contribution in [1.82, 2.24) is 0 Å². The molecule has 2 aliphatic carbocycles. The van der Waals surface area contributed by atoms with E-state index in [4.69, 9.17) is 13.3 Å². The van der Waals surface area contributed by atoms with E-state index in [1.807, 2.05) is 0 Å². The van der Waals surface area contributed by atoms with Crippen LogP contribution >= 0.6 is 0 Å². The van der Waals surface area contributed by atoms with Gasteiger partial charge in [0, 0.05) is 27.4 Å². The number of hydrogen-bond acceptors (Lipinski definition) is 3. The van der Waals surface area contributed by atoms with Gasteiger partial charge in [-0.1, -0.05) is 12.2 Å². The van der Waals surface area contributed by atoms with Crippen molar-refractivity contribution in [3.63, 3.8) is 0 Å². The van der Waals surface area contributed by atoms with E-state index in [-0.39, 0.29) is 0 Å². The Morgan fingerprint density at radius 3 is 2.13 bits per heavy atom. The molecule has 4 heteroatoms. The van der Waals surface area contributed by atoms with Gasteiger partial charge in [-0.25, -0.2) is 0 Å². The van der Waals surface area contributed by atoms with Crippen LogP contribution in [-0.2, 0) is 13.3 Å². The highest BCUT2D eigenvalue weighted by molar-refractivity contribution is 6.60. The number of rotatable bonds is 5. The van der Waals surface area contributed by atoms with Crippen LogP contribution in [0.5, 0.6) is 0 Å². The lowest BCUT2D eigenvalue weighted by molar-refractivity contribution is 0.116. The molecular weight excluding hydrogens is 208 g/mol. The van der Waals surface area contributed by atoms with Crippen LogP contribution in [0.1, 0.15) is 12.8 Å². The summed E-state index contributed by atoms with van der Waals surface area (Å²) >= 11 is 0. The standard InChI is InChI=1S/C11H20O3Si/c1-12-15(13-2,14-3)8-11-7-9-4-5-10(11)6-9/h4-5,9-11H,6-8H2,1-3H3. The SMILES string of the molecule is CO[Si](CC1CC2C=CC1C2)(OC)OC. The second kappa shape index (κ2) is 4.37. The normalized spacial score (nSPS) is 33.9. The molecule has 0 radical (unpaired) electrons. The summed E-state index contributed by atoms with van der Waals surface area (Å²) in [5.41, 5.74) is 0. The lowest BCUT2D eigenvalue weighted by Crippen LogP contribution is -2.44. The monoisotopic (exact) mass is 228 g/mol. The molecule has 0 aromatic carbocycles. The van der Waals surface area contributed by atoms with Crippen LogP contribution in [0, 0.1) is 17.8 Å². The van der Waals surface area contributed by atoms with Gasteiger partial charge in [0.15, 0.2) is 0 Å². The zero-order chi connectivity index (χ0) is 10.9. The van der Waals surface area contributed by atoms with Crippen molar-refractivity contribution in [2.45, 2.75) is 18.9 Å². The first-order valence-corrected chi connectivity index (χ1v) is 7.50. The summed E-state index contributed by atoms with van der Waals surface area (Å²) in [4.78, 5) is 0. The summed E-state index contributed by atoms with van der Waals surface area (Å²) in [5, 5.41) is 0. The molecule has 0 saturated heterocycles. The van der Waals surface area contributed by atoms with E-state index >= 15 is 0 Å². The zero-order valence-corrected chi connectivity index (χ0v) is 10.7. The zero-order valence-electron chi connectivity index (χ0n) is 9.73. The highest BCUT2D eigenvalue weighted by atomic mass is 28.4. The second-order valence-corrected chi connectivity index (χ2v) is 7.54. The number of hydrogen-bond donors (Lipinski definition) is 0.